The Hall–Kier alpha value is -4.21. The maximum Gasteiger partial charge on any atom is 0.339 e. The van der Waals surface area contributed by atoms with Gasteiger partial charge in [0.05, 0.1) is 25.5 Å². The number of hydrogen-bond donors (Lipinski definition) is 0. The zero-order valence-electron chi connectivity index (χ0n) is 16.1. The van der Waals surface area contributed by atoms with E-state index in [1.165, 1.54) is 26.4 Å². The lowest BCUT2D eigenvalue weighted by Crippen LogP contribution is -2.33. The van der Waals surface area contributed by atoms with Gasteiger partial charge in [0.15, 0.2) is 0 Å². The number of urea groups is 1. The van der Waals surface area contributed by atoms with Gasteiger partial charge in [-0.2, -0.15) is 4.98 Å². The molecule has 1 aliphatic rings. The van der Waals surface area contributed by atoms with Crippen molar-refractivity contribution in [3.05, 3.63) is 54.4 Å². The topological polar surface area (TPSA) is 115 Å². The molecule has 4 rings (SSSR count). The maximum absolute atomic E-state index is 12.7. The summed E-state index contributed by atoms with van der Waals surface area (Å²) in [5.74, 6) is -0.612. The van der Waals surface area contributed by atoms with Crippen LogP contribution in [0.15, 0.2) is 53.1 Å². The quantitative estimate of drug-likeness (QED) is 0.451. The molecule has 0 aliphatic carbocycles. The second kappa shape index (κ2) is 7.66. The fourth-order valence-corrected chi connectivity index (χ4v) is 3.00. The van der Waals surface area contributed by atoms with Gasteiger partial charge in [0, 0.05) is 0 Å². The molecule has 1 aliphatic heterocycles. The number of carbonyl (C=O) groups excluding carboxylic acids is 3. The van der Waals surface area contributed by atoms with E-state index in [0.717, 1.165) is 9.80 Å². The predicted molar refractivity (Wildman–Crippen MR) is 103 cm³/mol. The van der Waals surface area contributed by atoms with Crippen molar-refractivity contribution >= 4 is 23.5 Å². The number of imide groups is 2. The minimum Gasteiger partial charge on any atom is -0.497 e. The molecule has 0 bridgehead atoms. The second-order valence-corrected chi connectivity index (χ2v) is 6.22. The molecule has 30 heavy (non-hydrogen) atoms. The Labute approximate surface area is 170 Å². The highest BCUT2D eigenvalue weighted by Crippen LogP contribution is 2.28. The Bertz CT molecular complexity index is 1120. The lowest BCUT2D eigenvalue weighted by Gasteiger charge is -2.14. The van der Waals surface area contributed by atoms with Gasteiger partial charge in [-0.05, 0) is 36.4 Å². The maximum atomic E-state index is 12.7. The molecule has 0 unspecified atom stereocenters. The van der Waals surface area contributed by atoms with Gasteiger partial charge in [0.2, 0.25) is 11.7 Å². The molecule has 2 aromatic carbocycles. The minimum atomic E-state index is -0.979. The summed E-state index contributed by atoms with van der Waals surface area (Å²) in [4.78, 5) is 43.3. The highest BCUT2D eigenvalue weighted by Gasteiger charge is 2.46. The van der Waals surface area contributed by atoms with Gasteiger partial charge < -0.3 is 14.0 Å². The van der Waals surface area contributed by atoms with Gasteiger partial charge in [0.1, 0.15) is 18.0 Å². The lowest BCUT2D eigenvalue weighted by molar-refractivity contribution is -0.139. The number of aromatic nitrogens is 2. The monoisotopic (exact) mass is 408 g/mol. The average Bonchev–Trinajstić information content (AvgIpc) is 3.33. The van der Waals surface area contributed by atoms with Crippen molar-refractivity contribution in [1.29, 1.82) is 0 Å². The van der Waals surface area contributed by atoms with E-state index in [4.69, 9.17) is 14.0 Å². The van der Waals surface area contributed by atoms with Crippen LogP contribution in [-0.4, -0.2) is 47.1 Å². The summed E-state index contributed by atoms with van der Waals surface area (Å²) in [6.07, 6.45) is 0. The fraction of sp³-hybridized carbons (Fsp3) is 0.150. The first kappa shape index (κ1) is 19.1. The Morgan fingerprint density at radius 3 is 2.37 bits per heavy atom. The van der Waals surface area contributed by atoms with Crippen molar-refractivity contribution in [1.82, 2.24) is 15.0 Å². The molecule has 10 heteroatoms. The molecule has 3 aromatic rings. The Morgan fingerprint density at radius 2 is 1.67 bits per heavy atom. The van der Waals surface area contributed by atoms with E-state index in [0.29, 0.717) is 17.1 Å². The SMILES string of the molecule is COc1ccc(N2C(=O)C(=O)N(Cc3nc(-c4ccccc4OC)no3)C2=O)cc1. The van der Waals surface area contributed by atoms with Crippen LogP contribution >= 0.6 is 0 Å². The van der Waals surface area contributed by atoms with Crippen molar-refractivity contribution < 1.29 is 28.4 Å². The first-order chi connectivity index (χ1) is 14.5. The third-order valence-corrected chi connectivity index (χ3v) is 4.49. The van der Waals surface area contributed by atoms with Crippen molar-refractivity contribution in [3.8, 4) is 22.9 Å². The number of anilines is 1. The van der Waals surface area contributed by atoms with E-state index in [9.17, 15) is 14.4 Å². The summed E-state index contributed by atoms with van der Waals surface area (Å²) in [5, 5.41) is 3.87. The molecule has 2 heterocycles. The highest BCUT2D eigenvalue weighted by molar-refractivity contribution is 6.52. The van der Waals surface area contributed by atoms with Gasteiger partial charge in [-0.25, -0.2) is 14.6 Å². The summed E-state index contributed by atoms with van der Waals surface area (Å²) < 4.78 is 15.5. The van der Waals surface area contributed by atoms with Crippen molar-refractivity contribution in [2.45, 2.75) is 6.54 Å². The molecule has 0 saturated carbocycles. The molecule has 1 fully saturated rings. The third kappa shape index (κ3) is 3.24. The van der Waals surface area contributed by atoms with Crippen molar-refractivity contribution in [3.63, 3.8) is 0 Å². The summed E-state index contributed by atoms with van der Waals surface area (Å²) in [7, 11) is 3.01. The van der Waals surface area contributed by atoms with E-state index < -0.39 is 17.8 Å². The highest BCUT2D eigenvalue weighted by atomic mass is 16.5. The van der Waals surface area contributed by atoms with Gasteiger partial charge in [0.25, 0.3) is 0 Å². The average molecular weight is 408 g/mol. The molecular weight excluding hydrogens is 392 g/mol. The molecule has 10 nitrogen and oxygen atoms in total. The number of hydrogen-bond acceptors (Lipinski definition) is 8. The van der Waals surface area contributed by atoms with Crippen LogP contribution in [0.25, 0.3) is 11.4 Å². The zero-order chi connectivity index (χ0) is 21.3. The van der Waals surface area contributed by atoms with Gasteiger partial charge in [-0.15, -0.1) is 0 Å². The number of ether oxygens (including phenoxy) is 2. The molecule has 4 amide bonds. The molecule has 1 aromatic heterocycles. The Morgan fingerprint density at radius 1 is 0.933 bits per heavy atom. The van der Waals surface area contributed by atoms with Crippen LogP contribution in [0.5, 0.6) is 11.5 Å². The molecule has 0 spiro atoms. The van der Waals surface area contributed by atoms with Crippen LogP contribution in [0.2, 0.25) is 0 Å². The molecular formula is C20H16N4O6. The van der Waals surface area contributed by atoms with E-state index in [1.54, 1.807) is 36.4 Å². The molecule has 0 radical (unpaired) electrons. The molecule has 0 N–H and O–H groups in total. The minimum absolute atomic E-state index is 0.00184. The standard InChI is InChI=1S/C20H16N4O6/c1-28-13-9-7-12(8-10-13)24-19(26)18(25)23(20(24)27)11-16-21-17(22-30-16)14-5-3-4-6-15(14)29-2/h3-10H,11H2,1-2H3. The number of benzene rings is 2. The normalized spacial score (nSPS) is 13.9. The van der Waals surface area contributed by atoms with Crippen LogP contribution in [0, 0.1) is 0 Å². The molecule has 1 saturated heterocycles. The van der Waals surface area contributed by atoms with Crippen LogP contribution in [0.3, 0.4) is 0 Å². The first-order valence-electron chi connectivity index (χ1n) is 8.83. The summed E-state index contributed by atoms with van der Waals surface area (Å²) in [5.41, 5.74) is 0.840. The summed E-state index contributed by atoms with van der Waals surface area (Å²) in [6.45, 7) is -0.335. The first-order valence-corrected chi connectivity index (χ1v) is 8.83. The van der Waals surface area contributed by atoms with E-state index in [-0.39, 0.29) is 23.9 Å². The third-order valence-electron chi connectivity index (χ3n) is 4.49. The number of methoxy groups -OCH3 is 2. The zero-order valence-corrected chi connectivity index (χ0v) is 16.1. The van der Waals surface area contributed by atoms with Gasteiger partial charge >= 0.3 is 17.8 Å². The van der Waals surface area contributed by atoms with Crippen molar-refractivity contribution in [2.75, 3.05) is 19.1 Å². The fourth-order valence-electron chi connectivity index (χ4n) is 3.00. The van der Waals surface area contributed by atoms with Crippen LogP contribution in [0.1, 0.15) is 5.89 Å². The van der Waals surface area contributed by atoms with Crippen LogP contribution in [0.4, 0.5) is 10.5 Å². The number of para-hydroxylation sites is 1. The molecule has 0 atom stereocenters. The summed E-state index contributed by atoms with van der Waals surface area (Å²) in [6, 6.07) is 12.5. The van der Waals surface area contributed by atoms with Crippen LogP contribution in [-0.2, 0) is 16.1 Å². The van der Waals surface area contributed by atoms with Gasteiger partial charge in [-0.1, -0.05) is 17.3 Å². The lowest BCUT2D eigenvalue weighted by atomic mass is 10.2. The summed E-state index contributed by atoms with van der Waals surface area (Å²) >= 11 is 0. The molecule has 152 valence electrons. The smallest absolute Gasteiger partial charge is 0.339 e. The number of carbonyl (C=O) groups is 3. The van der Waals surface area contributed by atoms with E-state index in [2.05, 4.69) is 10.1 Å². The van der Waals surface area contributed by atoms with Gasteiger partial charge in [-0.3, -0.25) is 9.59 Å². The number of nitrogens with zero attached hydrogens (tertiary/aromatic N) is 4. The Balaban J connectivity index is 1.56. The van der Waals surface area contributed by atoms with E-state index >= 15 is 0 Å². The van der Waals surface area contributed by atoms with Crippen LogP contribution < -0.4 is 14.4 Å². The van der Waals surface area contributed by atoms with Crippen molar-refractivity contribution in [2.24, 2.45) is 0 Å². The Kier molecular flexibility index (Phi) is 4.88. The predicted octanol–water partition coefficient (Wildman–Crippen LogP) is 2.25. The largest absolute Gasteiger partial charge is 0.497 e. The number of amides is 4. The van der Waals surface area contributed by atoms with E-state index in [1.807, 2.05) is 0 Å². The second-order valence-electron chi connectivity index (χ2n) is 6.22. The number of rotatable bonds is 6.